The topological polar surface area (TPSA) is 117 Å². The highest BCUT2D eigenvalue weighted by Crippen LogP contribution is 2.45. The van der Waals surface area contributed by atoms with Crippen LogP contribution in [0.5, 0.6) is 11.5 Å². The van der Waals surface area contributed by atoms with Gasteiger partial charge in [-0.25, -0.2) is 4.79 Å². The van der Waals surface area contributed by atoms with Crippen molar-refractivity contribution in [2.45, 2.75) is 32.3 Å². The summed E-state index contributed by atoms with van der Waals surface area (Å²) < 4.78 is 16.5. The number of nitro benzene ring substituents is 1. The molecule has 2 atom stereocenters. The van der Waals surface area contributed by atoms with Gasteiger partial charge in [0.05, 0.1) is 30.6 Å². The molecule has 0 radical (unpaired) electrons. The quantitative estimate of drug-likeness (QED) is 0.358. The van der Waals surface area contributed by atoms with Gasteiger partial charge in [0, 0.05) is 35.9 Å². The SMILES string of the molecule is COC(=O)C1=C(C)NC2=CCCC(=O)C2C1c1ccc(OCc2ccc([N+](=O)[O-])cc2)c(OC)c1. The molecule has 0 bridgehead atoms. The largest absolute Gasteiger partial charge is 0.493 e. The maximum Gasteiger partial charge on any atom is 0.336 e. The van der Waals surface area contributed by atoms with Gasteiger partial charge in [0.25, 0.3) is 5.69 Å². The Morgan fingerprint density at radius 2 is 1.86 bits per heavy atom. The van der Waals surface area contributed by atoms with E-state index in [2.05, 4.69) is 5.32 Å². The van der Waals surface area contributed by atoms with E-state index in [1.54, 1.807) is 31.2 Å². The predicted molar refractivity (Wildman–Crippen MR) is 127 cm³/mol. The molecule has 0 saturated carbocycles. The van der Waals surface area contributed by atoms with E-state index in [9.17, 15) is 19.7 Å². The van der Waals surface area contributed by atoms with E-state index in [0.29, 0.717) is 35.6 Å². The number of ether oxygens (including phenoxy) is 3. The second-order valence-electron chi connectivity index (χ2n) is 8.40. The number of fused-ring (bicyclic) bond motifs is 1. The van der Waals surface area contributed by atoms with Crippen LogP contribution in [-0.4, -0.2) is 30.9 Å². The van der Waals surface area contributed by atoms with Crippen molar-refractivity contribution in [1.29, 1.82) is 0 Å². The summed E-state index contributed by atoms with van der Waals surface area (Å²) in [5, 5.41) is 14.1. The zero-order valence-corrected chi connectivity index (χ0v) is 19.7. The summed E-state index contributed by atoms with van der Waals surface area (Å²) in [5.74, 6) is -0.562. The summed E-state index contributed by atoms with van der Waals surface area (Å²) in [7, 11) is 2.84. The molecule has 9 nitrogen and oxygen atoms in total. The van der Waals surface area contributed by atoms with E-state index < -0.39 is 22.7 Å². The molecule has 0 saturated heterocycles. The number of benzene rings is 2. The first-order valence-electron chi connectivity index (χ1n) is 11.2. The Kier molecular flexibility index (Phi) is 6.86. The number of nitrogens with zero attached hydrogens (tertiary/aromatic N) is 1. The molecule has 2 aromatic carbocycles. The number of carbonyl (C=O) groups is 2. The van der Waals surface area contributed by atoms with Crippen LogP contribution in [-0.2, 0) is 20.9 Å². The molecule has 1 aliphatic carbocycles. The molecule has 0 aromatic heterocycles. The van der Waals surface area contributed by atoms with Gasteiger partial charge in [-0.15, -0.1) is 0 Å². The third-order valence-corrected chi connectivity index (χ3v) is 6.31. The average Bonchev–Trinajstić information content (AvgIpc) is 2.86. The van der Waals surface area contributed by atoms with Gasteiger partial charge >= 0.3 is 5.97 Å². The third-order valence-electron chi connectivity index (χ3n) is 6.31. The van der Waals surface area contributed by atoms with Gasteiger partial charge in [-0.1, -0.05) is 12.1 Å². The summed E-state index contributed by atoms with van der Waals surface area (Å²) in [6.45, 7) is 1.98. The lowest BCUT2D eigenvalue weighted by molar-refractivity contribution is -0.384. The van der Waals surface area contributed by atoms with Gasteiger partial charge in [-0.2, -0.15) is 0 Å². The number of rotatable bonds is 7. The number of hydrogen-bond acceptors (Lipinski definition) is 8. The Balaban J connectivity index is 1.66. The fourth-order valence-corrected chi connectivity index (χ4v) is 4.62. The number of ketones is 1. The van der Waals surface area contributed by atoms with Gasteiger partial charge in [-0.05, 0) is 48.7 Å². The molecule has 2 aromatic rings. The van der Waals surface area contributed by atoms with Gasteiger partial charge in [0.2, 0.25) is 0 Å². The fourth-order valence-electron chi connectivity index (χ4n) is 4.62. The van der Waals surface area contributed by atoms with Crippen LogP contribution in [0.2, 0.25) is 0 Å². The van der Waals surface area contributed by atoms with Crippen LogP contribution in [0, 0.1) is 16.0 Å². The summed E-state index contributed by atoms with van der Waals surface area (Å²) in [4.78, 5) is 36.1. The lowest BCUT2D eigenvalue weighted by atomic mass is 9.71. The van der Waals surface area contributed by atoms with E-state index in [1.165, 1.54) is 26.4 Å². The molecular weight excluding hydrogens is 452 g/mol. The molecule has 2 unspecified atom stereocenters. The van der Waals surface area contributed by atoms with Gasteiger partial charge in [0.15, 0.2) is 11.5 Å². The Labute approximate surface area is 202 Å². The highest BCUT2D eigenvalue weighted by atomic mass is 16.6. The van der Waals surface area contributed by atoms with E-state index in [1.807, 2.05) is 12.1 Å². The molecule has 1 aliphatic heterocycles. The van der Waals surface area contributed by atoms with Gasteiger partial charge in [-0.3, -0.25) is 14.9 Å². The number of methoxy groups -OCH3 is 2. The number of hydrogen-bond donors (Lipinski definition) is 1. The van der Waals surface area contributed by atoms with Crippen molar-refractivity contribution in [3.05, 3.63) is 86.7 Å². The number of nitro groups is 1. The van der Waals surface area contributed by atoms with Crippen molar-refractivity contribution in [1.82, 2.24) is 5.32 Å². The first-order chi connectivity index (χ1) is 16.8. The second kappa shape index (κ2) is 10.0. The van der Waals surface area contributed by atoms with Crippen LogP contribution in [0.25, 0.3) is 0 Å². The molecule has 1 heterocycles. The van der Waals surface area contributed by atoms with Crippen molar-refractivity contribution in [3.63, 3.8) is 0 Å². The van der Waals surface area contributed by atoms with Crippen LogP contribution >= 0.6 is 0 Å². The van der Waals surface area contributed by atoms with Crippen molar-refractivity contribution in [2.24, 2.45) is 5.92 Å². The molecule has 0 fully saturated rings. The third kappa shape index (κ3) is 4.75. The zero-order chi connectivity index (χ0) is 25.1. The highest BCUT2D eigenvalue weighted by molar-refractivity contribution is 5.96. The highest BCUT2D eigenvalue weighted by Gasteiger charge is 2.43. The van der Waals surface area contributed by atoms with E-state index in [0.717, 1.165) is 16.8 Å². The maximum absolute atomic E-state index is 13.0. The van der Waals surface area contributed by atoms with Gasteiger partial charge < -0.3 is 19.5 Å². The van der Waals surface area contributed by atoms with Gasteiger partial charge in [0.1, 0.15) is 12.4 Å². The monoisotopic (exact) mass is 478 g/mol. The van der Waals surface area contributed by atoms with Crippen LogP contribution in [0.1, 0.15) is 36.8 Å². The fraction of sp³-hybridized carbons (Fsp3) is 0.308. The molecule has 182 valence electrons. The number of allylic oxidation sites excluding steroid dienone is 3. The molecule has 9 heteroatoms. The van der Waals surface area contributed by atoms with Crippen LogP contribution in [0.4, 0.5) is 5.69 Å². The summed E-state index contributed by atoms with van der Waals surface area (Å²) >= 11 is 0. The average molecular weight is 479 g/mol. The summed E-state index contributed by atoms with van der Waals surface area (Å²) in [5.41, 5.74) is 3.36. The standard InChI is InChI=1S/C26H26N2O7/c1-15-23(26(30)34-3)24(25-19(27-15)5-4-6-20(25)29)17-9-12-21(22(13-17)33-2)35-14-16-7-10-18(11-8-16)28(31)32/h5,7-13,24-25,27H,4,6,14H2,1-3H3. The van der Waals surface area contributed by atoms with Crippen molar-refractivity contribution < 1.29 is 28.7 Å². The molecule has 35 heavy (non-hydrogen) atoms. The Morgan fingerprint density at radius 3 is 2.51 bits per heavy atom. The van der Waals surface area contributed by atoms with E-state index in [-0.39, 0.29) is 18.1 Å². The molecule has 1 N–H and O–H groups in total. The smallest absolute Gasteiger partial charge is 0.336 e. The lowest BCUT2D eigenvalue weighted by Gasteiger charge is -2.38. The number of non-ortho nitro benzene ring substituents is 1. The number of nitrogens with one attached hydrogen (secondary N) is 1. The molecule has 0 amide bonds. The maximum atomic E-state index is 13.0. The number of esters is 1. The normalized spacial score (nSPS) is 19.3. The first-order valence-corrected chi connectivity index (χ1v) is 11.2. The lowest BCUT2D eigenvalue weighted by Crippen LogP contribution is -2.40. The molecule has 4 rings (SSSR count). The van der Waals surface area contributed by atoms with E-state index >= 15 is 0 Å². The Morgan fingerprint density at radius 1 is 1.11 bits per heavy atom. The Hall–Kier alpha value is -4.14. The zero-order valence-electron chi connectivity index (χ0n) is 19.7. The van der Waals surface area contributed by atoms with Crippen LogP contribution in [0.15, 0.2) is 65.5 Å². The minimum Gasteiger partial charge on any atom is -0.493 e. The minimum atomic E-state index is -0.527. The minimum absolute atomic E-state index is 0.00749. The molecular formula is C26H26N2O7. The molecule has 0 spiro atoms. The van der Waals surface area contributed by atoms with Crippen molar-refractivity contribution >= 4 is 17.4 Å². The first kappa shape index (κ1) is 24.0. The Bertz CT molecular complexity index is 1230. The number of Topliss-reactive ketones (excluding diaryl/α,β-unsaturated/α-hetero) is 1. The van der Waals surface area contributed by atoms with Crippen molar-refractivity contribution in [2.75, 3.05) is 14.2 Å². The predicted octanol–water partition coefficient (Wildman–Crippen LogP) is 4.18. The van der Waals surface area contributed by atoms with Crippen molar-refractivity contribution in [3.8, 4) is 11.5 Å². The summed E-state index contributed by atoms with van der Waals surface area (Å²) in [6, 6.07) is 11.4. The second-order valence-corrected chi connectivity index (χ2v) is 8.40. The van der Waals surface area contributed by atoms with Crippen LogP contribution in [0.3, 0.4) is 0 Å². The van der Waals surface area contributed by atoms with Crippen LogP contribution < -0.4 is 14.8 Å². The number of carbonyl (C=O) groups excluding carboxylic acids is 2. The summed E-state index contributed by atoms with van der Waals surface area (Å²) in [6.07, 6.45) is 3.08. The molecule has 2 aliphatic rings. The van der Waals surface area contributed by atoms with E-state index in [4.69, 9.17) is 14.2 Å².